The van der Waals surface area contributed by atoms with Crippen LogP contribution in [0.25, 0.3) is 16.8 Å². The lowest BCUT2D eigenvalue weighted by atomic mass is 10.0. The van der Waals surface area contributed by atoms with Crippen molar-refractivity contribution in [1.82, 2.24) is 19.5 Å². The van der Waals surface area contributed by atoms with E-state index in [1.807, 2.05) is 37.3 Å². The van der Waals surface area contributed by atoms with Crippen LogP contribution in [0.4, 0.5) is 0 Å². The van der Waals surface area contributed by atoms with Gasteiger partial charge in [-0.3, -0.25) is 9.59 Å². The number of benzene rings is 2. The van der Waals surface area contributed by atoms with Crippen molar-refractivity contribution in [2.75, 3.05) is 7.11 Å². The van der Waals surface area contributed by atoms with Gasteiger partial charge in [0.2, 0.25) is 5.91 Å². The van der Waals surface area contributed by atoms with Crippen molar-refractivity contribution >= 4 is 11.4 Å². The normalized spacial score (nSPS) is 12.0. The van der Waals surface area contributed by atoms with E-state index in [0.717, 1.165) is 22.6 Å². The molecule has 7 heteroatoms. The number of carbonyl (C=O) groups is 1. The molecular weight excluding hydrogens is 416 g/mol. The van der Waals surface area contributed by atoms with Crippen LogP contribution in [0.5, 0.6) is 5.75 Å². The summed E-state index contributed by atoms with van der Waals surface area (Å²) < 4.78 is 8.32. The smallest absolute Gasteiger partial charge is 0.276 e. The molecule has 0 spiro atoms. The van der Waals surface area contributed by atoms with Gasteiger partial charge in [-0.2, -0.15) is 5.10 Å². The first kappa shape index (κ1) is 22.3. The summed E-state index contributed by atoms with van der Waals surface area (Å²) in [6.07, 6.45) is 3.63. The summed E-state index contributed by atoms with van der Waals surface area (Å²) >= 11 is 0. The Kier molecular flexibility index (Phi) is 6.31. The minimum atomic E-state index is -0.170. The maximum atomic E-state index is 13.0. The Morgan fingerprint density at radius 1 is 1.06 bits per heavy atom. The summed E-state index contributed by atoms with van der Waals surface area (Å²) in [4.78, 5) is 25.4. The van der Waals surface area contributed by atoms with Gasteiger partial charge in [-0.15, -0.1) is 0 Å². The molecule has 0 unspecified atom stereocenters. The summed E-state index contributed by atoms with van der Waals surface area (Å²) in [5.74, 6) is 0.655. The second-order valence-corrected chi connectivity index (χ2v) is 8.27. The van der Waals surface area contributed by atoms with Crippen LogP contribution < -0.4 is 15.6 Å². The van der Waals surface area contributed by atoms with Gasteiger partial charge < -0.3 is 14.6 Å². The molecule has 0 bridgehead atoms. The second-order valence-electron chi connectivity index (χ2n) is 8.27. The van der Waals surface area contributed by atoms with Crippen molar-refractivity contribution in [2.45, 2.75) is 39.8 Å². The summed E-state index contributed by atoms with van der Waals surface area (Å²) in [6.45, 7) is 6.34. The number of hydrogen-bond donors (Lipinski definition) is 1. The van der Waals surface area contributed by atoms with Crippen LogP contribution in [0, 0.1) is 13.8 Å². The van der Waals surface area contributed by atoms with Gasteiger partial charge in [0.1, 0.15) is 11.3 Å². The van der Waals surface area contributed by atoms with E-state index >= 15 is 0 Å². The van der Waals surface area contributed by atoms with E-state index in [9.17, 15) is 9.59 Å². The van der Waals surface area contributed by atoms with Gasteiger partial charge in [-0.05, 0) is 61.7 Å². The maximum Gasteiger partial charge on any atom is 0.276 e. The van der Waals surface area contributed by atoms with E-state index in [2.05, 4.69) is 36.4 Å². The first-order valence-electron chi connectivity index (χ1n) is 11.0. The van der Waals surface area contributed by atoms with Crippen molar-refractivity contribution in [3.63, 3.8) is 0 Å². The maximum absolute atomic E-state index is 13.0. The van der Waals surface area contributed by atoms with E-state index in [-0.39, 0.29) is 23.9 Å². The Labute approximate surface area is 192 Å². The number of hydrogen-bond acceptors (Lipinski definition) is 4. The Hall–Kier alpha value is -3.87. The molecule has 4 rings (SSSR count). The molecule has 0 aliphatic carbocycles. The Morgan fingerprint density at radius 2 is 1.82 bits per heavy atom. The first-order chi connectivity index (χ1) is 15.9. The van der Waals surface area contributed by atoms with E-state index in [1.165, 1.54) is 11.1 Å². The third-order valence-electron chi connectivity index (χ3n) is 5.98. The zero-order chi connectivity index (χ0) is 23.5. The Bertz CT molecular complexity index is 1350. The zero-order valence-electron chi connectivity index (χ0n) is 19.3. The molecule has 2 aromatic heterocycles. The van der Waals surface area contributed by atoms with Crippen molar-refractivity contribution in [3.8, 4) is 17.0 Å². The number of carbonyl (C=O) groups excluding carboxylic acids is 1. The molecule has 0 fully saturated rings. The molecule has 1 atom stereocenters. The quantitative estimate of drug-likeness (QED) is 0.466. The van der Waals surface area contributed by atoms with Crippen LogP contribution in [0.15, 0.2) is 65.7 Å². The van der Waals surface area contributed by atoms with E-state index in [4.69, 9.17) is 4.74 Å². The number of rotatable bonds is 7. The van der Waals surface area contributed by atoms with Crippen LogP contribution in [-0.2, 0) is 11.3 Å². The topological polar surface area (TPSA) is 77.6 Å². The van der Waals surface area contributed by atoms with Crippen molar-refractivity contribution < 1.29 is 9.53 Å². The highest BCUT2D eigenvalue weighted by Gasteiger charge is 2.13. The lowest BCUT2D eigenvalue weighted by molar-refractivity contribution is -0.121. The number of amides is 1. The van der Waals surface area contributed by atoms with E-state index in [0.29, 0.717) is 12.1 Å². The highest BCUT2D eigenvalue weighted by molar-refractivity contribution is 5.76. The molecule has 0 aliphatic heterocycles. The highest BCUT2D eigenvalue weighted by Crippen LogP contribution is 2.21. The fourth-order valence-corrected chi connectivity index (χ4v) is 3.76. The lowest BCUT2D eigenvalue weighted by Gasteiger charge is -2.15. The number of methoxy groups -OCH3 is 1. The molecule has 0 aliphatic rings. The van der Waals surface area contributed by atoms with Gasteiger partial charge in [-0.1, -0.05) is 24.3 Å². The number of nitrogens with zero attached hydrogens (tertiary/aromatic N) is 3. The Balaban J connectivity index is 1.45. The fourth-order valence-electron chi connectivity index (χ4n) is 3.76. The number of aryl methyl sites for hydroxylation is 3. The van der Waals surface area contributed by atoms with Gasteiger partial charge in [0, 0.05) is 30.9 Å². The number of nitrogens with one attached hydrogen (secondary N) is 1. The third kappa shape index (κ3) is 4.82. The van der Waals surface area contributed by atoms with Crippen molar-refractivity contribution in [2.24, 2.45) is 0 Å². The van der Waals surface area contributed by atoms with Crippen molar-refractivity contribution in [3.05, 3.63) is 88.0 Å². The van der Waals surface area contributed by atoms with Gasteiger partial charge in [0.15, 0.2) is 0 Å². The molecule has 33 heavy (non-hydrogen) atoms. The minimum Gasteiger partial charge on any atom is -0.497 e. The van der Waals surface area contributed by atoms with Crippen LogP contribution in [0.1, 0.15) is 36.1 Å². The summed E-state index contributed by atoms with van der Waals surface area (Å²) in [6, 6.07) is 15.4. The van der Waals surface area contributed by atoms with Gasteiger partial charge in [-0.25, -0.2) is 4.52 Å². The molecule has 4 aromatic rings. The molecule has 2 heterocycles. The molecule has 0 saturated heterocycles. The monoisotopic (exact) mass is 444 g/mol. The summed E-state index contributed by atoms with van der Waals surface area (Å²) in [5.41, 5.74) is 5.41. The molecule has 0 saturated carbocycles. The first-order valence-corrected chi connectivity index (χ1v) is 11.0. The predicted octanol–water partition coefficient (Wildman–Crippen LogP) is 4.06. The molecule has 1 amide bonds. The van der Waals surface area contributed by atoms with Crippen LogP contribution in [0.3, 0.4) is 0 Å². The third-order valence-corrected chi connectivity index (χ3v) is 5.98. The average molecular weight is 445 g/mol. The largest absolute Gasteiger partial charge is 0.497 e. The van der Waals surface area contributed by atoms with Crippen LogP contribution in [-0.4, -0.2) is 27.2 Å². The molecule has 2 aromatic carbocycles. The van der Waals surface area contributed by atoms with Gasteiger partial charge >= 0.3 is 0 Å². The SMILES string of the molecule is COc1ccc([C@H](C)NC(=O)CCn2ccn3nc(-c4ccc(C)c(C)c4)cc3c2=O)cc1. The summed E-state index contributed by atoms with van der Waals surface area (Å²) in [7, 11) is 1.62. The fraction of sp³-hybridized carbons (Fsp3) is 0.269. The average Bonchev–Trinajstić information content (AvgIpc) is 3.26. The Morgan fingerprint density at radius 3 is 2.52 bits per heavy atom. The minimum absolute atomic E-state index is 0.116. The van der Waals surface area contributed by atoms with E-state index in [1.54, 1.807) is 34.7 Å². The lowest BCUT2D eigenvalue weighted by Crippen LogP contribution is -2.29. The van der Waals surface area contributed by atoms with Crippen molar-refractivity contribution in [1.29, 1.82) is 0 Å². The molecule has 1 N–H and O–H groups in total. The van der Waals surface area contributed by atoms with Crippen LogP contribution >= 0.6 is 0 Å². The predicted molar refractivity (Wildman–Crippen MR) is 129 cm³/mol. The number of ether oxygens (including phenoxy) is 1. The number of aromatic nitrogens is 3. The second kappa shape index (κ2) is 9.32. The summed E-state index contributed by atoms with van der Waals surface area (Å²) in [5, 5.41) is 7.53. The van der Waals surface area contributed by atoms with E-state index < -0.39 is 0 Å². The molecule has 0 radical (unpaired) electrons. The highest BCUT2D eigenvalue weighted by atomic mass is 16.5. The molecule has 170 valence electrons. The van der Waals surface area contributed by atoms with Crippen LogP contribution in [0.2, 0.25) is 0 Å². The van der Waals surface area contributed by atoms with Gasteiger partial charge in [0.25, 0.3) is 5.56 Å². The standard InChI is InChI=1S/C26H28N4O3/c1-17-5-6-21(15-18(17)2)23-16-24-26(32)29(13-14-30(24)28-23)12-11-25(31)27-19(3)20-7-9-22(33-4)10-8-20/h5-10,13-16,19H,11-12H2,1-4H3,(H,27,31)/t19-/m0/s1. The number of fused-ring (bicyclic) bond motifs is 1. The molecular formula is C26H28N4O3. The molecule has 7 nitrogen and oxygen atoms in total. The van der Waals surface area contributed by atoms with Gasteiger partial charge in [0.05, 0.1) is 18.8 Å². The zero-order valence-corrected chi connectivity index (χ0v) is 19.3.